The zero-order valence-corrected chi connectivity index (χ0v) is 15.2. The van der Waals surface area contributed by atoms with Crippen LogP contribution in [0.5, 0.6) is 0 Å². The van der Waals surface area contributed by atoms with Crippen molar-refractivity contribution in [2.75, 3.05) is 17.6 Å². The van der Waals surface area contributed by atoms with E-state index in [2.05, 4.69) is 50.0 Å². The number of anilines is 2. The van der Waals surface area contributed by atoms with E-state index in [1.807, 2.05) is 30.3 Å². The Morgan fingerprint density at radius 3 is 2.57 bits per heavy atom. The third kappa shape index (κ3) is 4.35. The van der Waals surface area contributed by atoms with Gasteiger partial charge in [-0.05, 0) is 46.7 Å². The first-order chi connectivity index (χ1) is 10.7. The van der Waals surface area contributed by atoms with E-state index in [4.69, 9.17) is 10.2 Å². The summed E-state index contributed by atoms with van der Waals surface area (Å²) < 4.78 is 6.30. The van der Waals surface area contributed by atoms with Crippen molar-refractivity contribution in [3.8, 4) is 11.5 Å². The molecule has 0 radical (unpaired) electrons. The number of nitrogens with two attached hydrogens (primary N) is 1. The van der Waals surface area contributed by atoms with Crippen LogP contribution >= 0.6 is 35.0 Å². The van der Waals surface area contributed by atoms with Crippen molar-refractivity contribution in [2.45, 2.75) is 6.42 Å². The summed E-state index contributed by atoms with van der Waals surface area (Å²) in [6, 6.07) is 14.0. The molecule has 1 aromatic carbocycles. The number of aromatic nitrogens is 2. The second kappa shape index (κ2) is 8.16. The van der Waals surface area contributed by atoms with Gasteiger partial charge in [0.05, 0.1) is 9.83 Å². The highest BCUT2D eigenvalue weighted by molar-refractivity contribution is 14.1. The van der Waals surface area contributed by atoms with Gasteiger partial charge in [-0.1, -0.05) is 30.3 Å². The van der Waals surface area contributed by atoms with Gasteiger partial charge in [-0.2, -0.15) is 4.98 Å². The number of nitrogens with one attached hydrogen (secondary N) is 1. The highest BCUT2D eigenvalue weighted by Crippen LogP contribution is 2.28. The molecule has 0 saturated heterocycles. The van der Waals surface area contributed by atoms with Crippen LogP contribution in [0.3, 0.4) is 0 Å². The van der Waals surface area contributed by atoms with Crippen LogP contribution in [0.4, 0.5) is 11.8 Å². The fraction of sp³-hybridized carbons (Fsp3) is 0.125. The molecule has 0 spiro atoms. The van der Waals surface area contributed by atoms with Crippen molar-refractivity contribution in [3.05, 3.63) is 57.9 Å². The van der Waals surface area contributed by atoms with Gasteiger partial charge in [0.1, 0.15) is 11.5 Å². The quantitative estimate of drug-likeness (QED) is 0.584. The molecule has 2 aromatic heterocycles. The van der Waals surface area contributed by atoms with Crippen molar-refractivity contribution in [2.24, 2.45) is 0 Å². The molecule has 0 amide bonds. The Balaban J connectivity index is 0.00000192. The van der Waals surface area contributed by atoms with Crippen LogP contribution in [0.2, 0.25) is 0 Å². The standard InChI is InChI=1S/C16H15IN4O.ClH/c17-13-14(12-7-4-10-22-12)20-16(18)21-15(13)19-9-8-11-5-2-1-3-6-11;/h1-7,10H,8-9H2,(H3,18,19,20,21);1H. The summed E-state index contributed by atoms with van der Waals surface area (Å²) in [5.41, 5.74) is 7.79. The summed E-state index contributed by atoms with van der Waals surface area (Å²) in [6.07, 6.45) is 2.53. The maximum Gasteiger partial charge on any atom is 0.222 e. The van der Waals surface area contributed by atoms with E-state index in [9.17, 15) is 0 Å². The summed E-state index contributed by atoms with van der Waals surface area (Å²) >= 11 is 2.21. The predicted molar refractivity (Wildman–Crippen MR) is 103 cm³/mol. The summed E-state index contributed by atoms with van der Waals surface area (Å²) in [6.45, 7) is 0.772. The normalized spacial score (nSPS) is 10.1. The van der Waals surface area contributed by atoms with E-state index < -0.39 is 0 Å². The first-order valence-electron chi connectivity index (χ1n) is 6.89. The molecule has 23 heavy (non-hydrogen) atoms. The Morgan fingerprint density at radius 1 is 1.09 bits per heavy atom. The van der Waals surface area contributed by atoms with Gasteiger partial charge < -0.3 is 15.5 Å². The van der Waals surface area contributed by atoms with Crippen LogP contribution < -0.4 is 11.1 Å². The molecule has 5 nitrogen and oxygen atoms in total. The Labute approximate surface area is 154 Å². The minimum atomic E-state index is 0. The van der Waals surface area contributed by atoms with E-state index in [-0.39, 0.29) is 18.4 Å². The number of nitrogen functional groups attached to an aromatic ring is 1. The Kier molecular flexibility index (Phi) is 6.23. The molecule has 3 aromatic rings. The molecule has 0 saturated carbocycles. The lowest BCUT2D eigenvalue weighted by molar-refractivity contribution is 0.579. The molecule has 0 bridgehead atoms. The zero-order valence-electron chi connectivity index (χ0n) is 12.2. The number of nitrogens with zero attached hydrogens (tertiary/aromatic N) is 2. The summed E-state index contributed by atoms with van der Waals surface area (Å²) in [5, 5.41) is 3.32. The lowest BCUT2D eigenvalue weighted by Crippen LogP contribution is -2.10. The van der Waals surface area contributed by atoms with Crippen LogP contribution in [-0.4, -0.2) is 16.5 Å². The smallest absolute Gasteiger partial charge is 0.222 e. The number of benzene rings is 1. The van der Waals surface area contributed by atoms with Gasteiger partial charge in [0.2, 0.25) is 5.95 Å². The number of furan rings is 1. The third-order valence-corrected chi connectivity index (χ3v) is 4.19. The van der Waals surface area contributed by atoms with E-state index in [1.165, 1.54) is 5.56 Å². The lowest BCUT2D eigenvalue weighted by Gasteiger charge is -2.10. The maximum absolute atomic E-state index is 5.81. The van der Waals surface area contributed by atoms with Crippen LogP contribution in [0, 0.1) is 3.57 Å². The second-order valence-corrected chi connectivity index (χ2v) is 5.81. The van der Waals surface area contributed by atoms with Crippen molar-refractivity contribution >= 4 is 46.8 Å². The highest BCUT2D eigenvalue weighted by atomic mass is 127. The zero-order chi connectivity index (χ0) is 15.4. The first kappa shape index (κ1) is 17.6. The van der Waals surface area contributed by atoms with E-state index in [0.717, 1.165) is 22.4 Å². The van der Waals surface area contributed by atoms with Gasteiger partial charge in [-0.25, -0.2) is 4.98 Å². The van der Waals surface area contributed by atoms with Gasteiger partial charge in [-0.3, -0.25) is 0 Å². The first-order valence-corrected chi connectivity index (χ1v) is 7.96. The number of hydrogen-bond donors (Lipinski definition) is 2. The maximum atomic E-state index is 5.81. The topological polar surface area (TPSA) is 77.0 Å². The van der Waals surface area contributed by atoms with E-state index >= 15 is 0 Å². The Hall–Kier alpha value is -1.80. The van der Waals surface area contributed by atoms with Gasteiger partial charge in [0.15, 0.2) is 5.76 Å². The Morgan fingerprint density at radius 2 is 1.87 bits per heavy atom. The van der Waals surface area contributed by atoms with Crippen molar-refractivity contribution in [1.82, 2.24) is 9.97 Å². The van der Waals surface area contributed by atoms with Gasteiger partial charge in [0, 0.05) is 6.54 Å². The van der Waals surface area contributed by atoms with Crippen molar-refractivity contribution in [3.63, 3.8) is 0 Å². The molecule has 120 valence electrons. The van der Waals surface area contributed by atoms with Crippen LogP contribution in [0.1, 0.15) is 5.56 Å². The average Bonchev–Trinajstić information content (AvgIpc) is 3.05. The summed E-state index contributed by atoms with van der Waals surface area (Å²) in [5.74, 6) is 1.65. The molecule has 0 unspecified atom stereocenters. The number of halogens is 2. The fourth-order valence-electron chi connectivity index (χ4n) is 2.13. The molecular formula is C16H16ClIN4O. The highest BCUT2D eigenvalue weighted by Gasteiger charge is 2.14. The van der Waals surface area contributed by atoms with Gasteiger partial charge in [-0.15, -0.1) is 12.4 Å². The monoisotopic (exact) mass is 442 g/mol. The molecule has 2 heterocycles. The molecule has 3 rings (SSSR count). The summed E-state index contributed by atoms with van der Waals surface area (Å²) in [4.78, 5) is 8.55. The molecular weight excluding hydrogens is 427 g/mol. The molecule has 0 aliphatic carbocycles. The minimum Gasteiger partial charge on any atom is -0.463 e. The third-order valence-electron chi connectivity index (χ3n) is 3.17. The van der Waals surface area contributed by atoms with Crippen molar-refractivity contribution in [1.29, 1.82) is 0 Å². The molecule has 0 atom stereocenters. The number of hydrogen-bond acceptors (Lipinski definition) is 5. The summed E-state index contributed by atoms with van der Waals surface area (Å²) in [7, 11) is 0. The SMILES string of the molecule is Cl.Nc1nc(NCCc2ccccc2)c(I)c(-c2ccco2)n1. The van der Waals surface area contributed by atoms with Gasteiger partial charge >= 0.3 is 0 Å². The minimum absolute atomic E-state index is 0. The van der Waals surface area contributed by atoms with Crippen LogP contribution in [0.25, 0.3) is 11.5 Å². The molecule has 7 heteroatoms. The lowest BCUT2D eigenvalue weighted by atomic mass is 10.1. The van der Waals surface area contributed by atoms with E-state index in [1.54, 1.807) is 6.26 Å². The molecule has 0 aliphatic rings. The Bertz CT molecular complexity index is 750. The van der Waals surface area contributed by atoms with Crippen LogP contribution in [-0.2, 0) is 6.42 Å². The molecule has 3 N–H and O–H groups in total. The number of rotatable bonds is 5. The van der Waals surface area contributed by atoms with Gasteiger partial charge in [0.25, 0.3) is 0 Å². The predicted octanol–water partition coefficient (Wildman–Crippen LogP) is 4.00. The van der Waals surface area contributed by atoms with Crippen LogP contribution in [0.15, 0.2) is 53.1 Å². The average molecular weight is 443 g/mol. The molecule has 0 fully saturated rings. The van der Waals surface area contributed by atoms with E-state index in [0.29, 0.717) is 11.5 Å². The second-order valence-electron chi connectivity index (χ2n) is 4.73. The largest absolute Gasteiger partial charge is 0.463 e. The van der Waals surface area contributed by atoms with Crippen molar-refractivity contribution < 1.29 is 4.42 Å². The molecule has 0 aliphatic heterocycles. The fourth-order valence-corrected chi connectivity index (χ4v) is 2.83.